The molecule has 39 heavy (non-hydrogen) atoms. The molecule has 1 aliphatic rings. The summed E-state index contributed by atoms with van der Waals surface area (Å²) in [5, 5.41) is 12.4. The Bertz CT molecular complexity index is 1180. The zero-order valence-corrected chi connectivity index (χ0v) is 24.6. The van der Waals surface area contributed by atoms with E-state index in [1.165, 1.54) is 7.11 Å². The van der Waals surface area contributed by atoms with Crippen LogP contribution in [0.25, 0.3) is 0 Å². The number of aliphatic hydroxyl groups is 1. The average molecular weight is 549 g/mol. The van der Waals surface area contributed by atoms with Crippen LogP contribution in [0.5, 0.6) is 5.75 Å². The van der Waals surface area contributed by atoms with Gasteiger partial charge in [-0.3, -0.25) is 0 Å². The summed E-state index contributed by atoms with van der Waals surface area (Å²) >= 11 is 0. The van der Waals surface area contributed by atoms with E-state index in [1.807, 2.05) is 54.6 Å². The quantitative estimate of drug-likeness (QED) is 0.313. The molecule has 1 saturated heterocycles. The third-order valence-corrected chi connectivity index (χ3v) is 12.4. The molecular formula is C32H40O6Si. The standard InChI is InChI=1S/C32H40O6Si/c1-32(2,3)39(27-14-8-6-9-15-27,28-16-10-7-11-17-28)38-29-18-12-13-23(30(29)31(34)36-5)19-25-20-24(33)21-26(37-25)22-35-4/h6-18,24-26,33H,19-22H2,1-5H3/t24-,25-,26+/m0/s1. The van der Waals surface area contributed by atoms with E-state index in [-0.39, 0.29) is 17.2 Å². The summed E-state index contributed by atoms with van der Waals surface area (Å²) in [4.78, 5) is 13.3. The lowest BCUT2D eigenvalue weighted by Crippen LogP contribution is -2.69. The van der Waals surface area contributed by atoms with Crippen molar-refractivity contribution in [2.45, 2.75) is 63.4 Å². The van der Waals surface area contributed by atoms with Crippen molar-refractivity contribution in [2.24, 2.45) is 0 Å². The summed E-state index contributed by atoms with van der Waals surface area (Å²) in [6, 6.07) is 26.4. The molecule has 208 valence electrons. The van der Waals surface area contributed by atoms with E-state index in [0.717, 1.165) is 15.9 Å². The van der Waals surface area contributed by atoms with Gasteiger partial charge in [-0.2, -0.15) is 0 Å². The minimum atomic E-state index is -2.98. The predicted octanol–water partition coefficient (Wildman–Crippen LogP) is 4.51. The van der Waals surface area contributed by atoms with Crippen molar-refractivity contribution in [2.75, 3.05) is 20.8 Å². The highest BCUT2D eigenvalue weighted by Crippen LogP contribution is 2.39. The minimum Gasteiger partial charge on any atom is -0.533 e. The first-order chi connectivity index (χ1) is 18.7. The van der Waals surface area contributed by atoms with Gasteiger partial charge in [-0.25, -0.2) is 4.79 Å². The molecule has 3 atom stereocenters. The highest BCUT2D eigenvalue weighted by atomic mass is 28.4. The molecule has 0 aromatic heterocycles. The molecule has 0 radical (unpaired) electrons. The number of ether oxygens (including phenoxy) is 3. The smallest absolute Gasteiger partial charge is 0.341 e. The van der Waals surface area contributed by atoms with Crippen LogP contribution in [-0.4, -0.2) is 58.5 Å². The van der Waals surface area contributed by atoms with E-state index in [0.29, 0.717) is 37.2 Å². The number of carbonyl (C=O) groups excluding carboxylic acids is 1. The van der Waals surface area contributed by atoms with E-state index in [2.05, 4.69) is 45.0 Å². The van der Waals surface area contributed by atoms with Crippen LogP contribution in [0.4, 0.5) is 0 Å². The van der Waals surface area contributed by atoms with Crippen molar-refractivity contribution in [1.82, 2.24) is 0 Å². The molecule has 0 unspecified atom stereocenters. The van der Waals surface area contributed by atoms with Crippen molar-refractivity contribution in [3.8, 4) is 5.75 Å². The van der Waals surface area contributed by atoms with Gasteiger partial charge in [0, 0.05) is 13.5 Å². The maximum atomic E-state index is 13.3. The van der Waals surface area contributed by atoms with Gasteiger partial charge in [0.2, 0.25) is 0 Å². The van der Waals surface area contributed by atoms with Crippen molar-refractivity contribution in [3.63, 3.8) is 0 Å². The molecule has 0 spiro atoms. The number of aliphatic hydroxyl groups excluding tert-OH is 1. The Balaban J connectivity index is 1.83. The van der Waals surface area contributed by atoms with E-state index in [9.17, 15) is 9.90 Å². The van der Waals surface area contributed by atoms with E-state index in [4.69, 9.17) is 18.6 Å². The third-order valence-electron chi connectivity index (χ3n) is 7.44. The highest BCUT2D eigenvalue weighted by Gasteiger charge is 2.52. The van der Waals surface area contributed by atoms with Crippen LogP contribution < -0.4 is 14.8 Å². The Labute approximate surface area is 233 Å². The summed E-state index contributed by atoms with van der Waals surface area (Å²) in [5.41, 5.74) is 1.17. The van der Waals surface area contributed by atoms with E-state index >= 15 is 0 Å². The van der Waals surface area contributed by atoms with Crippen LogP contribution in [0.15, 0.2) is 78.9 Å². The molecule has 0 saturated carbocycles. The van der Waals surface area contributed by atoms with Gasteiger partial charge in [-0.1, -0.05) is 93.6 Å². The van der Waals surface area contributed by atoms with Crippen molar-refractivity contribution < 1.29 is 28.5 Å². The fourth-order valence-corrected chi connectivity index (χ4v) is 10.2. The molecule has 3 aromatic rings. The van der Waals surface area contributed by atoms with Gasteiger partial charge in [0.25, 0.3) is 0 Å². The fourth-order valence-electron chi connectivity index (χ4n) is 5.74. The highest BCUT2D eigenvalue weighted by molar-refractivity contribution is 7.00. The van der Waals surface area contributed by atoms with Gasteiger partial charge < -0.3 is 23.7 Å². The van der Waals surface area contributed by atoms with Crippen molar-refractivity contribution in [3.05, 3.63) is 90.0 Å². The molecular weight excluding hydrogens is 508 g/mol. The second-order valence-electron chi connectivity index (χ2n) is 11.2. The second-order valence-corrected chi connectivity index (χ2v) is 15.4. The Kier molecular flexibility index (Phi) is 9.28. The summed E-state index contributed by atoms with van der Waals surface area (Å²) in [6.45, 7) is 7.02. The van der Waals surface area contributed by atoms with Crippen LogP contribution in [-0.2, 0) is 20.6 Å². The molecule has 3 aromatic carbocycles. The number of esters is 1. The maximum absolute atomic E-state index is 13.3. The molecule has 7 heteroatoms. The number of methoxy groups -OCH3 is 2. The molecule has 1 heterocycles. The predicted molar refractivity (Wildman–Crippen MR) is 156 cm³/mol. The summed E-state index contributed by atoms with van der Waals surface area (Å²) in [5.74, 6) is 0.0433. The Hall–Kier alpha value is -2.97. The summed E-state index contributed by atoms with van der Waals surface area (Å²) in [7, 11) is 0.0318. The van der Waals surface area contributed by atoms with Crippen LogP contribution in [0, 0.1) is 0 Å². The summed E-state index contributed by atoms with van der Waals surface area (Å²) in [6.07, 6.45) is 0.523. The van der Waals surface area contributed by atoms with Crippen LogP contribution in [0.1, 0.15) is 49.5 Å². The summed E-state index contributed by atoms with van der Waals surface area (Å²) < 4.78 is 24.0. The van der Waals surface area contributed by atoms with Gasteiger partial charge in [0.1, 0.15) is 11.3 Å². The molecule has 1 fully saturated rings. The molecule has 0 amide bonds. The van der Waals surface area contributed by atoms with Gasteiger partial charge >= 0.3 is 14.3 Å². The van der Waals surface area contributed by atoms with Crippen molar-refractivity contribution in [1.29, 1.82) is 0 Å². The van der Waals surface area contributed by atoms with Gasteiger partial charge in [-0.15, -0.1) is 0 Å². The van der Waals surface area contributed by atoms with Gasteiger partial charge in [-0.05, 0) is 39.9 Å². The average Bonchev–Trinajstić information content (AvgIpc) is 2.91. The second kappa shape index (κ2) is 12.5. The number of hydrogen-bond acceptors (Lipinski definition) is 6. The first kappa shape index (κ1) is 29.0. The lowest BCUT2D eigenvalue weighted by molar-refractivity contribution is -0.115. The Morgan fingerprint density at radius 1 is 0.897 bits per heavy atom. The normalized spacial score (nSPS) is 19.9. The lowest BCUT2D eigenvalue weighted by Gasteiger charge is -2.43. The largest absolute Gasteiger partial charge is 0.533 e. The van der Waals surface area contributed by atoms with E-state index in [1.54, 1.807) is 7.11 Å². The number of carbonyl (C=O) groups is 1. The zero-order valence-electron chi connectivity index (χ0n) is 23.6. The number of hydrogen-bond donors (Lipinski definition) is 1. The van der Waals surface area contributed by atoms with E-state index < -0.39 is 20.4 Å². The third kappa shape index (κ3) is 6.28. The topological polar surface area (TPSA) is 74.2 Å². The monoisotopic (exact) mass is 548 g/mol. The maximum Gasteiger partial charge on any atom is 0.341 e. The van der Waals surface area contributed by atoms with Crippen LogP contribution in [0.2, 0.25) is 5.04 Å². The fraction of sp³-hybridized carbons (Fsp3) is 0.406. The first-order valence-corrected chi connectivity index (χ1v) is 15.4. The minimum absolute atomic E-state index is 0.193. The lowest BCUT2D eigenvalue weighted by atomic mass is 9.94. The molecule has 0 aliphatic carbocycles. The van der Waals surface area contributed by atoms with Crippen LogP contribution >= 0.6 is 0 Å². The number of benzene rings is 3. The van der Waals surface area contributed by atoms with Gasteiger partial charge in [0.05, 0.1) is 32.0 Å². The molecule has 4 rings (SSSR count). The SMILES string of the molecule is COC[C@H]1C[C@@H](O)C[C@H](Cc2cccc(O[Si](c3ccccc3)(c3ccccc3)C(C)(C)C)c2C(=O)OC)O1. The molecule has 6 nitrogen and oxygen atoms in total. The Morgan fingerprint density at radius 2 is 1.49 bits per heavy atom. The van der Waals surface area contributed by atoms with Crippen LogP contribution in [0.3, 0.4) is 0 Å². The van der Waals surface area contributed by atoms with Crippen molar-refractivity contribution >= 4 is 24.7 Å². The zero-order chi connectivity index (χ0) is 28.0. The Morgan fingerprint density at radius 3 is 2.03 bits per heavy atom. The van der Waals surface area contributed by atoms with Gasteiger partial charge in [0.15, 0.2) is 0 Å². The number of rotatable bonds is 9. The molecule has 1 aliphatic heterocycles. The molecule has 0 bridgehead atoms. The molecule has 1 N–H and O–H groups in total. The first-order valence-electron chi connectivity index (χ1n) is 13.5.